The fourth-order valence-corrected chi connectivity index (χ4v) is 0.902. The molecule has 5 heteroatoms. The molecule has 72 valence electrons. The fraction of sp³-hybridized carbons (Fsp3) is 0.500. The lowest BCUT2D eigenvalue weighted by Crippen LogP contribution is -2.01. The van der Waals surface area contributed by atoms with Crippen LogP contribution in [0.3, 0.4) is 0 Å². The summed E-state index contributed by atoms with van der Waals surface area (Å²) in [5, 5.41) is 3.73. The molecule has 0 aliphatic carbocycles. The number of esters is 1. The molecule has 5 nitrogen and oxygen atoms in total. The van der Waals surface area contributed by atoms with Crippen LogP contribution in [0.25, 0.3) is 0 Å². The summed E-state index contributed by atoms with van der Waals surface area (Å²) in [6, 6.07) is 1.74. The lowest BCUT2D eigenvalue weighted by molar-refractivity contribution is -0.140. The molecule has 0 fully saturated rings. The molecule has 1 rings (SSSR count). The molecule has 1 aromatic rings. The zero-order chi connectivity index (χ0) is 9.68. The van der Waals surface area contributed by atoms with Crippen molar-refractivity contribution < 1.29 is 14.1 Å². The maximum atomic E-state index is 10.8. The Hall–Kier alpha value is -1.36. The molecule has 0 aliphatic rings. The third kappa shape index (κ3) is 2.87. The highest BCUT2D eigenvalue weighted by Gasteiger charge is 2.05. The zero-order valence-corrected chi connectivity index (χ0v) is 7.45. The Morgan fingerprint density at radius 1 is 1.77 bits per heavy atom. The van der Waals surface area contributed by atoms with Gasteiger partial charge in [-0.2, -0.15) is 0 Å². The van der Waals surface area contributed by atoms with Crippen LogP contribution >= 0.6 is 0 Å². The normalized spacial score (nSPS) is 10.0. The molecule has 0 saturated heterocycles. The van der Waals surface area contributed by atoms with E-state index in [4.69, 9.17) is 10.3 Å². The van der Waals surface area contributed by atoms with Crippen LogP contribution in [0, 0.1) is 0 Å². The number of nitrogens with two attached hydrogens (primary N) is 1. The fourth-order valence-electron chi connectivity index (χ4n) is 0.902. The van der Waals surface area contributed by atoms with Crippen molar-refractivity contribution >= 4 is 5.97 Å². The molecule has 0 bridgehead atoms. The van der Waals surface area contributed by atoms with Gasteiger partial charge < -0.3 is 15.0 Å². The Kier molecular flexibility index (Phi) is 3.45. The summed E-state index contributed by atoms with van der Waals surface area (Å²) in [5.41, 5.74) is 6.05. The molecule has 0 radical (unpaired) electrons. The summed E-state index contributed by atoms with van der Waals surface area (Å²) in [6.07, 6.45) is 0.837. The van der Waals surface area contributed by atoms with Gasteiger partial charge in [-0.1, -0.05) is 5.16 Å². The van der Waals surface area contributed by atoms with Crippen LogP contribution in [-0.2, 0) is 22.5 Å². The van der Waals surface area contributed by atoms with Gasteiger partial charge in [0.2, 0.25) is 0 Å². The van der Waals surface area contributed by atoms with Crippen LogP contribution in [-0.4, -0.2) is 18.2 Å². The van der Waals surface area contributed by atoms with Crippen LogP contribution < -0.4 is 5.73 Å². The topological polar surface area (TPSA) is 78.4 Å². The van der Waals surface area contributed by atoms with E-state index in [0.717, 1.165) is 5.69 Å². The third-order valence-electron chi connectivity index (χ3n) is 1.62. The Bertz CT molecular complexity index is 283. The summed E-state index contributed by atoms with van der Waals surface area (Å²) in [4.78, 5) is 10.8. The quantitative estimate of drug-likeness (QED) is 0.678. The minimum Gasteiger partial charge on any atom is -0.469 e. The molecule has 1 aromatic heterocycles. The monoisotopic (exact) mass is 184 g/mol. The molecule has 0 aromatic carbocycles. The van der Waals surface area contributed by atoms with Crippen LogP contribution in [0.2, 0.25) is 0 Å². The van der Waals surface area contributed by atoms with E-state index in [0.29, 0.717) is 25.1 Å². The van der Waals surface area contributed by atoms with Crippen molar-refractivity contribution in [3.8, 4) is 0 Å². The first-order valence-electron chi connectivity index (χ1n) is 3.97. The van der Waals surface area contributed by atoms with Crippen molar-refractivity contribution in [1.29, 1.82) is 0 Å². The molecule has 0 amide bonds. The van der Waals surface area contributed by atoms with E-state index >= 15 is 0 Å². The van der Waals surface area contributed by atoms with Crippen LogP contribution in [0.4, 0.5) is 0 Å². The Balaban J connectivity index is 2.41. The van der Waals surface area contributed by atoms with Crippen molar-refractivity contribution in [1.82, 2.24) is 5.16 Å². The van der Waals surface area contributed by atoms with E-state index < -0.39 is 0 Å². The molecular weight excluding hydrogens is 172 g/mol. The molecule has 0 aliphatic heterocycles. The van der Waals surface area contributed by atoms with Crippen molar-refractivity contribution in [2.24, 2.45) is 5.73 Å². The lowest BCUT2D eigenvalue weighted by atomic mass is 10.2. The average Bonchev–Trinajstić information content (AvgIpc) is 2.61. The van der Waals surface area contributed by atoms with E-state index in [9.17, 15) is 4.79 Å². The summed E-state index contributed by atoms with van der Waals surface area (Å²) in [5.74, 6) is 0.372. The Morgan fingerprint density at radius 3 is 3.08 bits per heavy atom. The number of nitrogens with zero attached hydrogens (tertiary/aromatic N) is 1. The van der Waals surface area contributed by atoms with Crippen LogP contribution in [0.15, 0.2) is 10.6 Å². The second-order valence-electron chi connectivity index (χ2n) is 2.56. The maximum absolute atomic E-state index is 10.8. The van der Waals surface area contributed by atoms with E-state index in [2.05, 4.69) is 9.89 Å². The number of methoxy groups -OCH3 is 1. The number of carbonyl (C=O) groups excluding carboxylic acids is 1. The summed E-state index contributed by atoms with van der Waals surface area (Å²) in [7, 11) is 1.36. The van der Waals surface area contributed by atoms with E-state index in [1.54, 1.807) is 6.07 Å². The van der Waals surface area contributed by atoms with Gasteiger partial charge in [-0.25, -0.2) is 0 Å². The summed E-state index contributed by atoms with van der Waals surface area (Å²) in [6.45, 7) is 0.325. The van der Waals surface area contributed by atoms with Gasteiger partial charge in [-0.15, -0.1) is 0 Å². The van der Waals surface area contributed by atoms with Gasteiger partial charge in [0.1, 0.15) is 0 Å². The van der Waals surface area contributed by atoms with Gasteiger partial charge in [0, 0.05) is 12.5 Å². The van der Waals surface area contributed by atoms with E-state index in [1.807, 2.05) is 0 Å². The molecular formula is C8H12N2O3. The molecule has 2 N–H and O–H groups in total. The minimum absolute atomic E-state index is 0.253. The van der Waals surface area contributed by atoms with Crippen LogP contribution in [0.1, 0.15) is 17.9 Å². The summed E-state index contributed by atoms with van der Waals surface area (Å²) >= 11 is 0. The predicted octanol–water partition coefficient (Wildman–Crippen LogP) is 0.239. The van der Waals surface area contributed by atoms with Gasteiger partial charge in [0.15, 0.2) is 5.76 Å². The van der Waals surface area contributed by atoms with E-state index in [1.165, 1.54) is 7.11 Å². The van der Waals surface area contributed by atoms with Gasteiger partial charge in [-0.3, -0.25) is 4.79 Å². The van der Waals surface area contributed by atoms with Crippen molar-refractivity contribution in [2.75, 3.05) is 7.11 Å². The predicted molar refractivity (Wildman–Crippen MR) is 44.7 cm³/mol. The number of hydrogen-bond donors (Lipinski definition) is 1. The number of carbonyl (C=O) groups is 1. The number of aromatic nitrogens is 1. The Labute approximate surface area is 75.8 Å². The highest BCUT2D eigenvalue weighted by atomic mass is 16.5. The number of aryl methyl sites for hydroxylation is 1. The first-order valence-corrected chi connectivity index (χ1v) is 3.97. The Morgan fingerprint density at radius 2 is 2.54 bits per heavy atom. The summed E-state index contributed by atoms with van der Waals surface area (Å²) < 4.78 is 9.34. The number of rotatable bonds is 4. The third-order valence-corrected chi connectivity index (χ3v) is 1.62. The number of ether oxygens (including phenoxy) is 1. The standard InChI is InChI=1S/C8H12N2O3/c1-12-8(11)3-2-6-4-7(5-9)13-10-6/h4H,2-3,5,9H2,1H3. The molecule has 0 saturated carbocycles. The first kappa shape index (κ1) is 9.73. The SMILES string of the molecule is COC(=O)CCc1cc(CN)on1. The van der Waals surface area contributed by atoms with Gasteiger partial charge >= 0.3 is 5.97 Å². The molecule has 0 unspecified atom stereocenters. The smallest absolute Gasteiger partial charge is 0.305 e. The highest BCUT2D eigenvalue weighted by Crippen LogP contribution is 2.05. The largest absolute Gasteiger partial charge is 0.469 e. The molecule has 0 atom stereocenters. The van der Waals surface area contributed by atoms with Gasteiger partial charge in [-0.05, 0) is 0 Å². The van der Waals surface area contributed by atoms with Gasteiger partial charge in [0.25, 0.3) is 0 Å². The number of hydrogen-bond acceptors (Lipinski definition) is 5. The van der Waals surface area contributed by atoms with Crippen molar-refractivity contribution in [3.63, 3.8) is 0 Å². The molecule has 0 spiro atoms. The zero-order valence-electron chi connectivity index (χ0n) is 7.45. The van der Waals surface area contributed by atoms with Gasteiger partial charge in [0.05, 0.1) is 25.8 Å². The second-order valence-corrected chi connectivity index (χ2v) is 2.56. The lowest BCUT2D eigenvalue weighted by Gasteiger charge is -1.94. The molecule has 13 heavy (non-hydrogen) atoms. The second kappa shape index (κ2) is 4.61. The van der Waals surface area contributed by atoms with Crippen molar-refractivity contribution in [3.05, 3.63) is 17.5 Å². The highest BCUT2D eigenvalue weighted by molar-refractivity contribution is 5.69. The molecule has 1 heterocycles. The average molecular weight is 184 g/mol. The maximum Gasteiger partial charge on any atom is 0.305 e. The first-order chi connectivity index (χ1) is 6.26. The van der Waals surface area contributed by atoms with Crippen LogP contribution in [0.5, 0.6) is 0 Å². The van der Waals surface area contributed by atoms with Crippen molar-refractivity contribution in [2.45, 2.75) is 19.4 Å². The minimum atomic E-state index is -0.253. The van der Waals surface area contributed by atoms with E-state index in [-0.39, 0.29) is 5.97 Å².